The molecule has 0 spiro atoms. The van der Waals surface area contributed by atoms with Gasteiger partial charge in [0, 0.05) is 21.9 Å². The summed E-state index contributed by atoms with van der Waals surface area (Å²) in [4.78, 5) is 71.9. The fraction of sp³-hybridized carbons (Fsp3) is 0.237. The first-order valence-electron chi connectivity index (χ1n) is 15.8. The minimum Gasteiger partial charge on any atom is -0.507 e. The number of nitrogens with zero attached hydrogens (tertiary/aromatic N) is 2. The molecule has 8 rings (SSSR count). The molecule has 2 aliphatic heterocycles. The molecule has 48 heavy (non-hydrogen) atoms. The third-order valence-electron chi connectivity index (χ3n) is 10.8. The monoisotopic (exact) mass is 660 g/mol. The van der Waals surface area contributed by atoms with Crippen molar-refractivity contribution in [2.24, 2.45) is 23.7 Å². The van der Waals surface area contributed by atoms with E-state index in [1.54, 1.807) is 36.4 Å². The molecule has 2 saturated heterocycles. The number of methoxy groups -OCH3 is 1. The lowest BCUT2D eigenvalue weighted by Gasteiger charge is -2.50. The molecule has 4 aromatic carbocycles. The number of carbonyl (C=O) groups excluding carboxylic acids is 5. The van der Waals surface area contributed by atoms with E-state index >= 15 is 4.79 Å². The Balaban J connectivity index is 1.42. The molecule has 6 unspecified atom stereocenters. The number of carbonyl (C=O) groups is 5. The van der Waals surface area contributed by atoms with Crippen LogP contribution < -0.4 is 4.90 Å². The number of phenolic OH excluding ortho intramolecular Hbond substituents is 1. The number of anilines is 1. The van der Waals surface area contributed by atoms with Crippen molar-refractivity contribution in [3.8, 4) is 5.75 Å². The van der Waals surface area contributed by atoms with E-state index in [1.165, 1.54) is 4.90 Å². The summed E-state index contributed by atoms with van der Waals surface area (Å²) in [6, 6.07) is 26.6. The summed E-state index contributed by atoms with van der Waals surface area (Å²) in [7, 11) is 1.11. The summed E-state index contributed by atoms with van der Waals surface area (Å²) in [5, 5.41) is 13.7. The number of fused-ring (bicyclic) bond motifs is 5. The fourth-order valence-corrected chi connectivity index (χ4v) is 9.05. The van der Waals surface area contributed by atoms with E-state index < -0.39 is 64.7 Å². The van der Waals surface area contributed by atoms with Gasteiger partial charge in [0.15, 0.2) is 0 Å². The second kappa shape index (κ2) is 10.9. The zero-order chi connectivity index (χ0) is 33.5. The first-order valence-corrected chi connectivity index (χ1v) is 16.1. The summed E-state index contributed by atoms with van der Waals surface area (Å²) in [6.07, 6.45) is 1.01. The van der Waals surface area contributed by atoms with Crippen molar-refractivity contribution in [2.75, 3.05) is 12.0 Å². The zero-order valence-corrected chi connectivity index (χ0v) is 26.5. The SMILES string of the molecule is COC(=O)N1C(=O)C2CC=C3C(CC4C(=O)N(c5cccc(Cl)c5)C(=O)C4(c4ccccc4)C3c3ccc4ccccc4c3O)C2C1=O. The molecule has 0 bridgehead atoms. The molecular weight excluding hydrogens is 632 g/mol. The number of phenols is 1. The Morgan fingerprint density at radius 3 is 2.38 bits per heavy atom. The number of aromatic hydroxyl groups is 1. The van der Waals surface area contributed by atoms with E-state index in [1.807, 2.05) is 60.7 Å². The quantitative estimate of drug-likeness (QED) is 0.207. The number of imide groups is 4. The van der Waals surface area contributed by atoms with Gasteiger partial charge in [0.2, 0.25) is 23.6 Å². The molecule has 0 radical (unpaired) electrons. The van der Waals surface area contributed by atoms with Crippen LogP contribution in [0.15, 0.2) is 103 Å². The molecule has 1 N–H and O–H groups in total. The first-order chi connectivity index (χ1) is 23.2. The molecule has 240 valence electrons. The highest BCUT2D eigenvalue weighted by atomic mass is 35.5. The number of ether oxygens (including phenoxy) is 1. The maximum atomic E-state index is 15.3. The number of benzene rings is 4. The van der Waals surface area contributed by atoms with Crippen LogP contribution >= 0.6 is 11.6 Å². The van der Waals surface area contributed by atoms with Crippen LogP contribution in [0.2, 0.25) is 5.02 Å². The Hall–Kier alpha value is -5.28. The lowest BCUT2D eigenvalue weighted by atomic mass is 9.49. The van der Waals surface area contributed by atoms with Gasteiger partial charge in [-0.2, -0.15) is 4.90 Å². The highest BCUT2D eigenvalue weighted by Crippen LogP contribution is 2.65. The average molecular weight is 661 g/mol. The van der Waals surface area contributed by atoms with Crippen LogP contribution in [0.5, 0.6) is 5.75 Å². The Morgan fingerprint density at radius 2 is 1.62 bits per heavy atom. The number of allylic oxidation sites excluding steroid dienone is 2. The summed E-state index contributed by atoms with van der Waals surface area (Å²) >= 11 is 6.36. The topological polar surface area (TPSA) is 121 Å². The summed E-state index contributed by atoms with van der Waals surface area (Å²) in [6.45, 7) is 0. The van der Waals surface area contributed by atoms with E-state index in [9.17, 15) is 24.3 Å². The van der Waals surface area contributed by atoms with Crippen molar-refractivity contribution < 1.29 is 33.8 Å². The average Bonchev–Trinajstić information content (AvgIpc) is 3.49. The summed E-state index contributed by atoms with van der Waals surface area (Å²) in [5.41, 5.74) is 0.449. The molecule has 9 nitrogen and oxygen atoms in total. The van der Waals surface area contributed by atoms with Gasteiger partial charge in [-0.15, -0.1) is 0 Å². The summed E-state index contributed by atoms with van der Waals surface area (Å²) < 4.78 is 4.79. The van der Waals surface area contributed by atoms with Crippen LogP contribution in [0.1, 0.15) is 29.9 Å². The maximum absolute atomic E-state index is 15.3. The van der Waals surface area contributed by atoms with Gasteiger partial charge in [-0.3, -0.25) is 19.2 Å². The van der Waals surface area contributed by atoms with Crippen molar-refractivity contribution in [3.05, 3.63) is 119 Å². The molecule has 4 aliphatic rings. The normalized spacial score (nSPS) is 27.9. The van der Waals surface area contributed by atoms with Crippen LogP contribution in [-0.4, -0.2) is 46.8 Å². The minimum atomic E-state index is -1.54. The predicted octanol–water partition coefficient (Wildman–Crippen LogP) is 6.13. The van der Waals surface area contributed by atoms with Crippen LogP contribution in [0, 0.1) is 23.7 Å². The van der Waals surface area contributed by atoms with Crippen LogP contribution in [0.3, 0.4) is 0 Å². The lowest BCUT2D eigenvalue weighted by molar-refractivity contribution is -0.138. The zero-order valence-electron chi connectivity index (χ0n) is 25.7. The highest BCUT2D eigenvalue weighted by molar-refractivity contribution is 6.32. The highest BCUT2D eigenvalue weighted by Gasteiger charge is 2.70. The molecule has 2 aliphatic carbocycles. The molecule has 2 heterocycles. The standard InChI is InChI=1S/C38H29ClN2O7/c1-48-37(47)41-33(43)26-17-16-25-28(30(26)35(41)45)19-29-34(44)40(23-12-7-11-22(39)18-23)36(46)38(29,21-9-3-2-4-10-21)31(25)27-15-14-20-8-5-6-13-24(20)32(27)42/h2-16,18,26,28-31,42H,17,19H2,1H3. The Morgan fingerprint density at radius 1 is 0.875 bits per heavy atom. The van der Waals surface area contributed by atoms with E-state index in [4.69, 9.17) is 16.3 Å². The molecular formula is C38H29ClN2O7. The molecule has 10 heteroatoms. The second-order valence-electron chi connectivity index (χ2n) is 12.8. The van der Waals surface area contributed by atoms with Gasteiger partial charge in [0.1, 0.15) is 5.75 Å². The molecule has 4 aromatic rings. The van der Waals surface area contributed by atoms with Crippen LogP contribution in [0.4, 0.5) is 10.5 Å². The Kier molecular flexibility index (Phi) is 6.82. The van der Waals surface area contributed by atoms with E-state index in [0.29, 0.717) is 37.7 Å². The number of likely N-dealkylation sites (tertiary alicyclic amines) is 1. The van der Waals surface area contributed by atoms with Gasteiger partial charge < -0.3 is 9.84 Å². The molecule has 0 aromatic heterocycles. The van der Waals surface area contributed by atoms with Gasteiger partial charge in [0.25, 0.3) is 0 Å². The molecule has 1 saturated carbocycles. The number of halogens is 1. The predicted molar refractivity (Wildman–Crippen MR) is 176 cm³/mol. The number of rotatable bonds is 3. The Bertz CT molecular complexity index is 2110. The minimum absolute atomic E-state index is 0.0395. The van der Waals surface area contributed by atoms with Crippen molar-refractivity contribution in [2.45, 2.75) is 24.2 Å². The fourth-order valence-electron chi connectivity index (χ4n) is 8.86. The first kappa shape index (κ1) is 30.1. The third-order valence-corrected chi connectivity index (χ3v) is 11.0. The number of amides is 5. The smallest absolute Gasteiger partial charge is 0.423 e. The van der Waals surface area contributed by atoms with E-state index in [2.05, 4.69) is 0 Å². The molecule has 6 atom stereocenters. The van der Waals surface area contributed by atoms with Crippen molar-refractivity contribution >= 4 is 57.8 Å². The second-order valence-corrected chi connectivity index (χ2v) is 13.2. The number of hydrogen-bond donors (Lipinski definition) is 1. The maximum Gasteiger partial charge on any atom is 0.423 e. The van der Waals surface area contributed by atoms with Crippen molar-refractivity contribution in [1.29, 1.82) is 0 Å². The Labute approximate surface area is 280 Å². The van der Waals surface area contributed by atoms with Crippen molar-refractivity contribution in [1.82, 2.24) is 4.90 Å². The van der Waals surface area contributed by atoms with Gasteiger partial charge in [-0.05, 0) is 47.9 Å². The van der Waals surface area contributed by atoms with E-state index in [0.717, 1.165) is 12.5 Å². The lowest BCUT2D eigenvalue weighted by Crippen LogP contribution is -2.53. The molecule has 3 fully saturated rings. The number of hydrogen-bond acceptors (Lipinski definition) is 7. The van der Waals surface area contributed by atoms with Crippen LogP contribution in [0.25, 0.3) is 10.8 Å². The van der Waals surface area contributed by atoms with E-state index in [-0.39, 0.29) is 18.6 Å². The molecule has 5 amide bonds. The van der Waals surface area contributed by atoms with Crippen molar-refractivity contribution in [3.63, 3.8) is 0 Å². The van der Waals surface area contributed by atoms with Gasteiger partial charge in [0.05, 0.1) is 36.0 Å². The summed E-state index contributed by atoms with van der Waals surface area (Å²) in [5.74, 6) is -6.73. The van der Waals surface area contributed by atoms with Gasteiger partial charge in [-0.1, -0.05) is 96.0 Å². The van der Waals surface area contributed by atoms with Gasteiger partial charge in [-0.25, -0.2) is 9.69 Å². The van der Waals surface area contributed by atoms with Crippen LogP contribution in [-0.2, 0) is 29.3 Å². The largest absolute Gasteiger partial charge is 0.507 e. The third kappa shape index (κ3) is 3.94. The van der Waals surface area contributed by atoms with Gasteiger partial charge >= 0.3 is 6.09 Å².